The van der Waals surface area contributed by atoms with Crippen molar-refractivity contribution in [3.8, 4) is 0 Å². The average molecular weight is 314 g/mol. The topological polar surface area (TPSA) is 79.5 Å². The molecule has 0 bridgehead atoms. The fraction of sp³-hybridized carbons (Fsp3) is 0.0769. The van der Waals surface area contributed by atoms with E-state index >= 15 is 0 Å². The summed E-state index contributed by atoms with van der Waals surface area (Å²) < 4.78 is 4.79. The van der Waals surface area contributed by atoms with Crippen LogP contribution >= 0.6 is 23.2 Å². The predicted octanol–water partition coefficient (Wildman–Crippen LogP) is 3.14. The summed E-state index contributed by atoms with van der Waals surface area (Å²) in [4.78, 5) is 23.3. The van der Waals surface area contributed by atoms with Crippen molar-refractivity contribution in [2.75, 3.05) is 0 Å². The van der Waals surface area contributed by atoms with Crippen LogP contribution in [-0.2, 0) is 4.79 Å². The highest BCUT2D eigenvalue weighted by atomic mass is 35.5. The second-order valence-corrected chi connectivity index (χ2v) is 4.62. The van der Waals surface area contributed by atoms with Crippen molar-refractivity contribution in [3.63, 3.8) is 0 Å². The number of aliphatic carboxylic acids is 1. The third kappa shape index (κ3) is 2.95. The van der Waals surface area contributed by atoms with Crippen LogP contribution in [0.15, 0.2) is 41.0 Å². The molecule has 7 heteroatoms. The zero-order valence-corrected chi connectivity index (χ0v) is 11.5. The molecule has 0 saturated carbocycles. The van der Waals surface area contributed by atoms with Crippen LogP contribution in [0.1, 0.15) is 22.0 Å². The molecule has 5 nitrogen and oxygen atoms in total. The lowest BCUT2D eigenvalue weighted by Crippen LogP contribution is -2.33. The normalized spacial score (nSPS) is 11.9. The van der Waals surface area contributed by atoms with Gasteiger partial charge < -0.3 is 14.8 Å². The van der Waals surface area contributed by atoms with E-state index in [1.807, 2.05) is 0 Å². The van der Waals surface area contributed by atoms with Crippen molar-refractivity contribution < 1.29 is 19.1 Å². The van der Waals surface area contributed by atoms with Gasteiger partial charge in [-0.15, -0.1) is 0 Å². The number of hydrogen-bond donors (Lipinski definition) is 2. The average Bonchev–Trinajstić information content (AvgIpc) is 2.83. The Morgan fingerprint density at radius 2 is 1.90 bits per heavy atom. The second-order valence-electron chi connectivity index (χ2n) is 3.87. The van der Waals surface area contributed by atoms with Crippen LogP contribution < -0.4 is 5.32 Å². The van der Waals surface area contributed by atoms with Crippen LogP contribution in [0.3, 0.4) is 0 Å². The summed E-state index contributed by atoms with van der Waals surface area (Å²) in [6.07, 6.45) is 1.24. The van der Waals surface area contributed by atoms with E-state index in [2.05, 4.69) is 5.32 Å². The summed E-state index contributed by atoms with van der Waals surface area (Å²) >= 11 is 11.6. The van der Waals surface area contributed by atoms with E-state index in [0.717, 1.165) is 0 Å². The van der Waals surface area contributed by atoms with Crippen molar-refractivity contribution in [1.29, 1.82) is 0 Å². The number of furan rings is 1. The number of carboxylic acids is 1. The Morgan fingerprint density at radius 3 is 2.45 bits per heavy atom. The van der Waals surface area contributed by atoms with Gasteiger partial charge in [-0.25, -0.2) is 4.79 Å². The molecule has 1 aromatic carbocycles. The van der Waals surface area contributed by atoms with E-state index in [0.29, 0.717) is 0 Å². The first-order chi connectivity index (χ1) is 9.50. The molecule has 1 amide bonds. The molecule has 0 aliphatic heterocycles. The maximum atomic E-state index is 12.0. The van der Waals surface area contributed by atoms with E-state index in [4.69, 9.17) is 27.6 Å². The van der Waals surface area contributed by atoms with Crippen LogP contribution in [-0.4, -0.2) is 17.0 Å². The minimum absolute atomic E-state index is 0.0602. The van der Waals surface area contributed by atoms with Gasteiger partial charge in [0, 0.05) is 10.6 Å². The molecule has 1 aromatic heterocycles. The molecule has 2 aromatic rings. The van der Waals surface area contributed by atoms with Crippen LogP contribution in [0.5, 0.6) is 0 Å². The van der Waals surface area contributed by atoms with E-state index in [9.17, 15) is 14.7 Å². The summed E-state index contributed by atoms with van der Waals surface area (Å²) in [7, 11) is 0. The predicted molar refractivity (Wildman–Crippen MR) is 73.0 cm³/mol. The molecule has 0 aliphatic carbocycles. The fourth-order valence-electron chi connectivity index (χ4n) is 1.65. The number of carbonyl (C=O) groups excluding carboxylic acids is 1. The molecule has 104 valence electrons. The molecular formula is C13H9Cl2NO4. The summed E-state index contributed by atoms with van der Waals surface area (Å²) in [5.41, 5.74) is 0.347. The van der Waals surface area contributed by atoms with E-state index in [-0.39, 0.29) is 21.4 Å². The standard InChI is InChI=1S/C13H9Cl2NO4/c14-9-4-2-1-3-7(9)10(13(18)19)16-12(17)8-5-6-20-11(8)15/h1-6,10H,(H,16,17)(H,18,19)/t10-/m1/s1. The zero-order valence-electron chi connectivity index (χ0n) is 9.97. The van der Waals surface area contributed by atoms with E-state index in [1.54, 1.807) is 18.2 Å². The molecule has 1 atom stereocenters. The first kappa shape index (κ1) is 14.4. The van der Waals surface area contributed by atoms with Gasteiger partial charge in [-0.3, -0.25) is 4.79 Å². The number of rotatable bonds is 4. The number of nitrogens with one attached hydrogen (secondary N) is 1. The molecule has 0 fully saturated rings. The summed E-state index contributed by atoms with van der Waals surface area (Å²) in [6.45, 7) is 0. The van der Waals surface area contributed by atoms with Gasteiger partial charge in [0.15, 0.2) is 6.04 Å². The molecule has 0 radical (unpaired) electrons. The number of amides is 1. The van der Waals surface area contributed by atoms with Crippen molar-refractivity contribution in [2.24, 2.45) is 0 Å². The first-order valence-electron chi connectivity index (χ1n) is 5.52. The van der Waals surface area contributed by atoms with Gasteiger partial charge in [-0.05, 0) is 23.7 Å². The monoisotopic (exact) mass is 313 g/mol. The SMILES string of the molecule is O=C(N[C@@H](C(=O)O)c1ccccc1Cl)c1ccoc1Cl. The van der Waals surface area contributed by atoms with Gasteiger partial charge in [0.2, 0.25) is 5.22 Å². The Labute approximate surface area is 124 Å². The Balaban J connectivity index is 2.28. The van der Waals surface area contributed by atoms with Gasteiger partial charge in [0.1, 0.15) is 0 Å². The molecule has 0 spiro atoms. The van der Waals surface area contributed by atoms with Crippen molar-refractivity contribution in [2.45, 2.75) is 6.04 Å². The zero-order chi connectivity index (χ0) is 14.7. The van der Waals surface area contributed by atoms with Crippen molar-refractivity contribution in [3.05, 3.63) is 58.0 Å². The van der Waals surface area contributed by atoms with Gasteiger partial charge >= 0.3 is 5.97 Å². The van der Waals surface area contributed by atoms with Gasteiger partial charge in [-0.2, -0.15) is 0 Å². The van der Waals surface area contributed by atoms with Crippen molar-refractivity contribution in [1.82, 2.24) is 5.32 Å². The van der Waals surface area contributed by atoms with Gasteiger partial charge in [-0.1, -0.05) is 29.8 Å². The second kappa shape index (κ2) is 5.98. The summed E-state index contributed by atoms with van der Waals surface area (Å²) in [5.74, 6) is -1.89. The van der Waals surface area contributed by atoms with Crippen LogP contribution in [0, 0.1) is 0 Å². The molecule has 0 aliphatic rings. The third-order valence-corrected chi connectivity index (χ3v) is 3.24. The highest BCUT2D eigenvalue weighted by molar-refractivity contribution is 6.32. The lowest BCUT2D eigenvalue weighted by molar-refractivity contribution is -0.139. The summed E-state index contributed by atoms with van der Waals surface area (Å²) in [5, 5.41) is 11.7. The first-order valence-corrected chi connectivity index (χ1v) is 6.27. The summed E-state index contributed by atoms with van der Waals surface area (Å²) in [6, 6.07) is 6.45. The Morgan fingerprint density at radius 1 is 1.20 bits per heavy atom. The molecule has 0 saturated heterocycles. The number of carboxylic acid groups (broad SMARTS) is 1. The van der Waals surface area contributed by atoms with Gasteiger partial charge in [0.05, 0.1) is 11.8 Å². The maximum absolute atomic E-state index is 12.0. The van der Waals surface area contributed by atoms with Crippen LogP contribution in [0.2, 0.25) is 10.2 Å². The number of benzene rings is 1. The highest BCUT2D eigenvalue weighted by Gasteiger charge is 2.26. The smallest absolute Gasteiger partial charge is 0.330 e. The van der Waals surface area contributed by atoms with Gasteiger partial charge in [0.25, 0.3) is 5.91 Å². The van der Waals surface area contributed by atoms with Crippen LogP contribution in [0.4, 0.5) is 0 Å². The van der Waals surface area contributed by atoms with E-state index < -0.39 is 17.9 Å². The fourth-order valence-corrected chi connectivity index (χ4v) is 2.09. The third-order valence-electron chi connectivity index (χ3n) is 2.60. The Kier molecular flexibility index (Phi) is 4.32. The van der Waals surface area contributed by atoms with E-state index in [1.165, 1.54) is 18.4 Å². The molecule has 20 heavy (non-hydrogen) atoms. The minimum atomic E-state index is -1.28. The molecule has 0 unspecified atom stereocenters. The lowest BCUT2D eigenvalue weighted by atomic mass is 10.1. The number of halogens is 2. The maximum Gasteiger partial charge on any atom is 0.330 e. The van der Waals surface area contributed by atoms with Crippen LogP contribution in [0.25, 0.3) is 0 Å². The largest absolute Gasteiger partial charge is 0.479 e. The molecule has 1 heterocycles. The molecular weight excluding hydrogens is 305 g/mol. The molecule has 2 rings (SSSR count). The van der Waals surface area contributed by atoms with Crippen molar-refractivity contribution >= 4 is 35.1 Å². The number of hydrogen-bond acceptors (Lipinski definition) is 3. The lowest BCUT2D eigenvalue weighted by Gasteiger charge is -2.15. The number of carbonyl (C=O) groups is 2. The Hall–Kier alpha value is -1.98. The molecule has 2 N–H and O–H groups in total. The minimum Gasteiger partial charge on any atom is -0.479 e. The highest BCUT2D eigenvalue weighted by Crippen LogP contribution is 2.24. The quantitative estimate of drug-likeness (QED) is 0.908. The Bertz CT molecular complexity index is 653.